The highest BCUT2D eigenvalue weighted by Gasteiger charge is 2.21. The monoisotopic (exact) mass is 459 g/mol. The third-order valence-corrected chi connectivity index (χ3v) is 4.78. The van der Waals surface area contributed by atoms with E-state index in [9.17, 15) is 14.4 Å². The number of fused-ring (bicyclic) bond motifs is 1. The van der Waals surface area contributed by atoms with Gasteiger partial charge in [0.05, 0.1) is 0 Å². The van der Waals surface area contributed by atoms with Gasteiger partial charge in [-0.25, -0.2) is 0 Å². The number of amides is 1. The van der Waals surface area contributed by atoms with Crippen LogP contribution in [0.3, 0.4) is 0 Å². The average Bonchev–Trinajstić information content (AvgIpc) is 2.68. The highest BCUT2D eigenvalue weighted by Crippen LogP contribution is 2.14. The predicted molar refractivity (Wildman–Crippen MR) is 122 cm³/mol. The number of rotatable bonds is 5. The number of H-pyrrole nitrogens is 1. The fourth-order valence-corrected chi connectivity index (χ4v) is 3.27. The SMILES string of the molecule is CC(C)(C)OC(=O)Cn1c(=O)c(C(=O)NCc2ccc(Cl)cc2)cc2ccc(=S)[nH]c21. The molecule has 0 radical (unpaired) electrons. The number of hydrogen-bond acceptors (Lipinski definition) is 5. The summed E-state index contributed by atoms with van der Waals surface area (Å²) in [4.78, 5) is 41.2. The van der Waals surface area contributed by atoms with Crippen LogP contribution in [0.5, 0.6) is 0 Å². The number of aromatic nitrogens is 2. The first-order valence-corrected chi connectivity index (χ1v) is 10.3. The Balaban J connectivity index is 1.97. The largest absolute Gasteiger partial charge is 0.459 e. The van der Waals surface area contributed by atoms with Gasteiger partial charge in [0, 0.05) is 17.0 Å². The lowest BCUT2D eigenvalue weighted by Crippen LogP contribution is -2.36. The maximum Gasteiger partial charge on any atom is 0.326 e. The second-order valence-corrected chi connectivity index (χ2v) is 8.85. The Labute approximate surface area is 189 Å². The number of pyridine rings is 2. The molecular weight excluding hydrogens is 438 g/mol. The van der Waals surface area contributed by atoms with Crippen molar-refractivity contribution in [1.29, 1.82) is 0 Å². The minimum absolute atomic E-state index is 0.0875. The molecule has 0 aliphatic carbocycles. The molecule has 0 bridgehead atoms. The van der Waals surface area contributed by atoms with Crippen molar-refractivity contribution in [2.45, 2.75) is 39.5 Å². The number of nitrogens with one attached hydrogen (secondary N) is 2. The zero-order valence-corrected chi connectivity index (χ0v) is 18.9. The molecule has 1 amide bonds. The third-order valence-electron chi connectivity index (χ3n) is 4.29. The molecule has 2 heterocycles. The van der Waals surface area contributed by atoms with Crippen molar-refractivity contribution >= 4 is 46.7 Å². The van der Waals surface area contributed by atoms with E-state index >= 15 is 0 Å². The fraction of sp³-hybridized carbons (Fsp3) is 0.273. The summed E-state index contributed by atoms with van der Waals surface area (Å²) in [6, 6.07) is 11.8. The Kier molecular flexibility index (Phi) is 6.62. The lowest BCUT2D eigenvalue weighted by molar-refractivity contribution is -0.155. The predicted octanol–water partition coefficient (Wildman–Crippen LogP) is 3.98. The van der Waals surface area contributed by atoms with Gasteiger partial charge in [0.15, 0.2) is 0 Å². The van der Waals surface area contributed by atoms with Crippen LogP contribution in [0.1, 0.15) is 36.7 Å². The molecule has 1 aromatic carbocycles. The van der Waals surface area contributed by atoms with E-state index in [1.807, 2.05) is 0 Å². The summed E-state index contributed by atoms with van der Waals surface area (Å²) in [5.41, 5.74) is -0.245. The molecule has 162 valence electrons. The number of carbonyl (C=O) groups excluding carboxylic acids is 2. The first-order chi connectivity index (χ1) is 14.5. The van der Waals surface area contributed by atoms with Gasteiger partial charge >= 0.3 is 5.97 Å². The van der Waals surface area contributed by atoms with Gasteiger partial charge in [0.25, 0.3) is 11.5 Å². The highest BCUT2D eigenvalue weighted by atomic mass is 35.5. The summed E-state index contributed by atoms with van der Waals surface area (Å²) in [7, 11) is 0. The number of carbonyl (C=O) groups is 2. The second kappa shape index (κ2) is 9.03. The molecule has 2 aromatic heterocycles. The van der Waals surface area contributed by atoms with Crippen LogP contribution in [0.15, 0.2) is 47.3 Å². The van der Waals surface area contributed by atoms with Crippen LogP contribution < -0.4 is 10.9 Å². The normalized spacial score (nSPS) is 11.4. The maximum absolute atomic E-state index is 13.1. The van der Waals surface area contributed by atoms with Gasteiger partial charge in [0.1, 0.15) is 28.0 Å². The Morgan fingerprint density at radius 1 is 1.16 bits per heavy atom. The van der Waals surface area contributed by atoms with Crippen molar-refractivity contribution in [3.05, 3.63) is 73.6 Å². The number of nitrogens with zero attached hydrogens (tertiary/aromatic N) is 1. The Morgan fingerprint density at radius 3 is 2.48 bits per heavy atom. The van der Waals surface area contributed by atoms with Gasteiger partial charge in [-0.05, 0) is 56.7 Å². The molecule has 3 aromatic rings. The van der Waals surface area contributed by atoms with Crippen LogP contribution in [0.25, 0.3) is 11.0 Å². The quantitative estimate of drug-likeness (QED) is 0.444. The number of aromatic amines is 1. The summed E-state index contributed by atoms with van der Waals surface area (Å²) in [5.74, 6) is -1.15. The van der Waals surface area contributed by atoms with Crippen LogP contribution in [0, 0.1) is 4.64 Å². The molecule has 7 nitrogen and oxygen atoms in total. The minimum atomic E-state index is -0.711. The average molecular weight is 460 g/mol. The summed E-state index contributed by atoms with van der Waals surface area (Å²) in [6.07, 6.45) is 0. The van der Waals surface area contributed by atoms with Gasteiger partial charge in [-0.3, -0.25) is 19.0 Å². The van der Waals surface area contributed by atoms with Crippen molar-refractivity contribution in [2.24, 2.45) is 0 Å². The maximum atomic E-state index is 13.1. The molecule has 0 saturated carbocycles. The lowest BCUT2D eigenvalue weighted by Gasteiger charge is -2.20. The number of ether oxygens (including phenoxy) is 1. The summed E-state index contributed by atoms with van der Waals surface area (Å²) < 4.78 is 6.91. The Hall–Kier alpha value is -2.97. The van der Waals surface area contributed by atoms with E-state index in [0.29, 0.717) is 20.7 Å². The minimum Gasteiger partial charge on any atom is -0.459 e. The number of benzene rings is 1. The van der Waals surface area contributed by atoms with Gasteiger partial charge in [-0.1, -0.05) is 36.0 Å². The van der Waals surface area contributed by atoms with E-state index in [1.165, 1.54) is 10.6 Å². The molecule has 0 unspecified atom stereocenters. The topological polar surface area (TPSA) is 93.2 Å². The standard InChI is InChI=1S/C22H22ClN3O4S/c1-22(2,3)30-18(27)12-26-19-14(6-9-17(31)25-19)10-16(21(26)29)20(28)24-11-13-4-7-15(23)8-5-13/h4-10H,11-12H2,1-3H3,(H,24,28)(H,25,31). The van der Waals surface area contributed by atoms with Crippen molar-refractivity contribution in [3.8, 4) is 0 Å². The number of halogens is 1. The summed E-state index contributed by atoms with van der Waals surface area (Å²) in [6.45, 7) is 5.07. The van der Waals surface area contributed by atoms with Crippen LogP contribution in [-0.4, -0.2) is 27.0 Å². The molecule has 3 rings (SSSR count). The Morgan fingerprint density at radius 2 is 1.84 bits per heavy atom. The zero-order chi connectivity index (χ0) is 22.8. The molecule has 0 saturated heterocycles. The third kappa shape index (κ3) is 5.80. The Bertz CT molecular complexity index is 1260. The summed E-state index contributed by atoms with van der Waals surface area (Å²) >= 11 is 11.0. The van der Waals surface area contributed by atoms with Crippen molar-refractivity contribution in [2.75, 3.05) is 0 Å². The van der Waals surface area contributed by atoms with E-state index in [1.54, 1.807) is 57.2 Å². The van der Waals surface area contributed by atoms with Gasteiger partial charge in [0.2, 0.25) is 0 Å². The fourth-order valence-electron chi connectivity index (χ4n) is 2.98. The van der Waals surface area contributed by atoms with Crippen LogP contribution in [-0.2, 0) is 22.6 Å². The molecule has 31 heavy (non-hydrogen) atoms. The van der Waals surface area contributed by atoms with Crippen molar-refractivity contribution in [3.63, 3.8) is 0 Å². The number of esters is 1. The summed E-state index contributed by atoms with van der Waals surface area (Å²) in [5, 5.41) is 3.88. The molecule has 0 aliphatic rings. The lowest BCUT2D eigenvalue weighted by atomic mass is 10.1. The molecule has 0 atom stereocenters. The molecular formula is C22H22ClN3O4S. The van der Waals surface area contributed by atoms with E-state index in [-0.39, 0.29) is 18.7 Å². The van der Waals surface area contributed by atoms with Crippen LogP contribution in [0.2, 0.25) is 5.02 Å². The number of hydrogen-bond donors (Lipinski definition) is 2. The molecule has 0 fully saturated rings. The highest BCUT2D eigenvalue weighted by molar-refractivity contribution is 7.71. The zero-order valence-electron chi connectivity index (χ0n) is 17.3. The molecule has 2 N–H and O–H groups in total. The van der Waals surface area contributed by atoms with E-state index in [4.69, 9.17) is 28.6 Å². The van der Waals surface area contributed by atoms with E-state index in [2.05, 4.69) is 10.3 Å². The molecule has 0 spiro atoms. The van der Waals surface area contributed by atoms with Crippen molar-refractivity contribution < 1.29 is 14.3 Å². The van der Waals surface area contributed by atoms with Crippen molar-refractivity contribution in [1.82, 2.24) is 14.9 Å². The van der Waals surface area contributed by atoms with Gasteiger partial charge in [-0.15, -0.1) is 0 Å². The van der Waals surface area contributed by atoms with E-state index in [0.717, 1.165) is 5.56 Å². The first-order valence-electron chi connectivity index (χ1n) is 9.55. The van der Waals surface area contributed by atoms with Crippen LogP contribution >= 0.6 is 23.8 Å². The molecule has 0 aliphatic heterocycles. The van der Waals surface area contributed by atoms with Crippen LogP contribution in [0.4, 0.5) is 0 Å². The smallest absolute Gasteiger partial charge is 0.326 e. The van der Waals surface area contributed by atoms with E-state index < -0.39 is 23.0 Å². The molecule has 9 heteroatoms. The van der Waals surface area contributed by atoms with Gasteiger partial charge < -0.3 is 15.0 Å². The first kappa shape index (κ1) is 22.7. The second-order valence-electron chi connectivity index (χ2n) is 7.97. The van der Waals surface area contributed by atoms with Gasteiger partial charge in [-0.2, -0.15) is 0 Å².